The summed E-state index contributed by atoms with van der Waals surface area (Å²) in [7, 11) is 0. The predicted octanol–water partition coefficient (Wildman–Crippen LogP) is 5.37. The molecule has 7 heteroatoms. The van der Waals surface area contributed by atoms with Gasteiger partial charge in [-0.1, -0.05) is 47.4 Å². The van der Waals surface area contributed by atoms with Crippen molar-refractivity contribution in [3.8, 4) is 5.75 Å². The van der Waals surface area contributed by atoms with Crippen LogP contribution in [0.3, 0.4) is 0 Å². The number of ether oxygens (including phenoxy) is 1. The molecular formula is C19H20FN3OS2. The van der Waals surface area contributed by atoms with Gasteiger partial charge in [-0.3, -0.25) is 0 Å². The predicted molar refractivity (Wildman–Crippen MR) is 105 cm³/mol. The number of thioether (sulfide) groups is 1. The summed E-state index contributed by atoms with van der Waals surface area (Å²) in [5, 5.41) is 12.3. The fraction of sp³-hybridized carbons (Fsp3) is 0.263. The van der Waals surface area contributed by atoms with Crippen molar-refractivity contribution in [2.75, 3.05) is 5.32 Å². The molecule has 3 rings (SSSR count). The Morgan fingerprint density at radius 2 is 1.92 bits per heavy atom. The normalized spacial score (nSPS) is 10.9. The number of nitrogens with one attached hydrogen (secondary N) is 1. The Labute approximate surface area is 160 Å². The van der Waals surface area contributed by atoms with Gasteiger partial charge in [-0.2, -0.15) is 0 Å². The molecule has 136 valence electrons. The van der Waals surface area contributed by atoms with Crippen LogP contribution in [0.5, 0.6) is 5.75 Å². The Morgan fingerprint density at radius 3 is 2.69 bits per heavy atom. The maximum Gasteiger partial charge on any atom is 0.206 e. The van der Waals surface area contributed by atoms with Crippen LogP contribution in [-0.4, -0.2) is 16.3 Å². The number of nitrogens with zero attached hydrogens (tertiary/aromatic N) is 2. The highest BCUT2D eigenvalue weighted by atomic mass is 32.2. The molecule has 0 bridgehead atoms. The van der Waals surface area contributed by atoms with Crippen LogP contribution in [-0.2, 0) is 12.3 Å². The van der Waals surface area contributed by atoms with Crippen LogP contribution in [0.15, 0.2) is 52.9 Å². The summed E-state index contributed by atoms with van der Waals surface area (Å²) in [5.74, 6) is 1.46. The van der Waals surface area contributed by atoms with Crippen molar-refractivity contribution in [1.82, 2.24) is 10.2 Å². The van der Waals surface area contributed by atoms with E-state index in [1.54, 1.807) is 23.9 Å². The second-order valence-electron chi connectivity index (χ2n) is 5.96. The van der Waals surface area contributed by atoms with Gasteiger partial charge in [0.05, 0.1) is 6.10 Å². The molecular weight excluding hydrogens is 369 g/mol. The lowest BCUT2D eigenvalue weighted by Crippen LogP contribution is -2.05. The Bertz CT molecular complexity index is 837. The summed E-state index contributed by atoms with van der Waals surface area (Å²) in [6.45, 7) is 4.63. The topological polar surface area (TPSA) is 47.0 Å². The zero-order valence-electron chi connectivity index (χ0n) is 14.6. The minimum atomic E-state index is -0.230. The average molecular weight is 390 g/mol. The van der Waals surface area contributed by atoms with Gasteiger partial charge in [0.2, 0.25) is 5.13 Å². The fourth-order valence-electron chi connectivity index (χ4n) is 2.25. The number of halogens is 1. The third-order valence-electron chi connectivity index (χ3n) is 3.40. The van der Waals surface area contributed by atoms with Gasteiger partial charge in [-0.25, -0.2) is 4.39 Å². The molecule has 26 heavy (non-hydrogen) atoms. The van der Waals surface area contributed by atoms with Gasteiger partial charge in [0.15, 0.2) is 4.34 Å². The molecule has 0 aliphatic carbocycles. The van der Waals surface area contributed by atoms with Crippen LogP contribution in [0, 0.1) is 5.82 Å². The molecule has 0 spiro atoms. The first-order valence-corrected chi connectivity index (χ1v) is 10.1. The molecule has 0 amide bonds. The molecule has 0 unspecified atom stereocenters. The molecule has 1 heterocycles. The van der Waals surface area contributed by atoms with Crippen molar-refractivity contribution < 1.29 is 9.13 Å². The number of anilines is 1. The summed E-state index contributed by atoms with van der Waals surface area (Å²) in [5.41, 5.74) is 2.18. The number of rotatable bonds is 8. The van der Waals surface area contributed by atoms with Crippen molar-refractivity contribution in [3.05, 3.63) is 65.5 Å². The molecule has 4 nitrogen and oxygen atoms in total. The molecule has 1 aromatic heterocycles. The van der Waals surface area contributed by atoms with Crippen molar-refractivity contribution >= 4 is 28.2 Å². The van der Waals surface area contributed by atoms with Crippen LogP contribution < -0.4 is 10.1 Å². The van der Waals surface area contributed by atoms with Crippen LogP contribution in [0.4, 0.5) is 9.52 Å². The maximum atomic E-state index is 12.9. The largest absolute Gasteiger partial charge is 0.491 e. The number of aromatic nitrogens is 2. The molecule has 3 aromatic rings. The zero-order valence-corrected chi connectivity index (χ0v) is 16.2. The van der Waals surface area contributed by atoms with E-state index >= 15 is 0 Å². The summed E-state index contributed by atoms with van der Waals surface area (Å²) in [6, 6.07) is 14.5. The Balaban J connectivity index is 1.51. The monoisotopic (exact) mass is 389 g/mol. The second kappa shape index (κ2) is 9.00. The Hall–Kier alpha value is -2.12. The molecule has 0 saturated carbocycles. The zero-order chi connectivity index (χ0) is 18.4. The first-order chi connectivity index (χ1) is 12.6. The third-order valence-corrected chi connectivity index (χ3v) is 5.48. The molecule has 0 aliphatic heterocycles. The lowest BCUT2D eigenvalue weighted by atomic mass is 10.2. The lowest BCUT2D eigenvalue weighted by Gasteiger charge is -2.10. The maximum absolute atomic E-state index is 12.9. The van der Waals surface area contributed by atoms with Crippen molar-refractivity contribution in [2.45, 2.75) is 36.6 Å². The van der Waals surface area contributed by atoms with E-state index < -0.39 is 0 Å². The second-order valence-corrected chi connectivity index (χ2v) is 8.16. The van der Waals surface area contributed by atoms with E-state index in [1.165, 1.54) is 29.0 Å². The van der Waals surface area contributed by atoms with E-state index in [1.807, 2.05) is 26.0 Å². The molecule has 0 atom stereocenters. The van der Waals surface area contributed by atoms with Gasteiger partial charge in [-0.15, -0.1) is 10.2 Å². The van der Waals surface area contributed by atoms with Crippen LogP contribution in [0.1, 0.15) is 25.0 Å². The van der Waals surface area contributed by atoms with Gasteiger partial charge >= 0.3 is 0 Å². The smallest absolute Gasteiger partial charge is 0.206 e. The highest BCUT2D eigenvalue weighted by Gasteiger charge is 2.06. The first kappa shape index (κ1) is 18.7. The third kappa shape index (κ3) is 5.71. The summed E-state index contributed by atoms with van der Waals surface area (Å²) < 4.78 is 19.5. The van der Waals surface area contributed by atoms with Gasteiger partial charge in [0, 0.05) is 12.3 Å². The molecule has 2 aromatic carbocycles. The van der Waals surface area contributed by atoms with Gasteiger partial charge in [0.1, 0.15) is 11.6 Å². The quantitative estimate of drug-likeness (QED) is 0.525. The van der Waals surface area contributed by atoms with Gasteiger partial charge in [-0.05, 0) is 49.2 Å². The Morgan fingerprint density at radius 1 is 1.12 bits per heavy atom. The summed E-state index contributed by atoms with van der Waals surface area (Å²) in [6.07, 6.45) is 0.163. The molecule has 0 saturated heterocycles. The number of benzene rings is 2. The Kier molecular flexibility index (Phi) is 6.46. The highest BCUT2D eigenvalue weighted by Crippen LogP contribution is 2.29. The minimum absolute atomic E-state index is 0.163. The molecule has 0 fully saturated rings. The van der Waals surface area contributed by atoms with Crippen molar-refractivity contribution in [1.29, 1.82) is 0 Å². The minimum Gasteiger partial charge on any atom is -0.491 e. The molecule has 0 radical (unpaired) electrons. The SMILES string of the molecule is CC(C)Oc1cccc(CSc2nnc(NCc3ccc(F)cc3)s2)c1. The fourth-order valence-corrected chi connectivity index (χ4v) is 3.94. The van der Waals surface area contributed by atoms with Gasteiger partial charge in [0.25, 0.3) is 0 Å². The average Bonchev–Trinajstić information content (AvgIpc) is 3.07. The van der Waals surface area contributed by atoms with E-state index in [0.717, 1.165) is 26.5 Å². The highest BCUT2D eigenvalue weighted by molar-refractivity contribution is 8.00. The van der Waals surface area contributed by atoms with E-state index in [9.17, 15) is 4.39 Å². The van der Waals surface area contributed by atoms with E-state index in [-0.39, 0.29) is 11.9 Å². The first-order valence-electron chi connectivity index (χ1n) is 8.29. The molecule has 1 N–H and O–H groups in total. The molecule has 0 aliphatic rings. The number of hydrogen-bond acceptors (Lipinski definition) is 6. The van der Waals surface area contributed by atoms with Crippen LogP contribution in [0.2, 0.25) is 0 Å². The van der Waals surface area contributed by atoms with E-state index in [0.29, 0.717) is 6.54 Å². The van der Waals surface area contributed by atoms with Crippen LogP contribution >= 0.6 is 23.1 Å². The summed E-state index contributed by atoms with van der Waals surface area (Å²) >= 11 is 3.16. The van der Waals surface area contributed by atoms with Crippen molar-refractivity contribution in [3.63, 3.8) is 0 Å². The van der Waals surface area contributed by atoms with E-state index in [4.69, 9.17) is 4.74 Å². The van der Waals surface area contributed by atoms with Gasteiger partial charge < -0.3 is 10.1 Å². The lowest BCUT2D eigenvalue weighted by molar-refractivity contribution is 0.242. The summed E-state index contributed by atoms with van der Waals surface area (Å²) in [4.78, 5) is 0. The van der Waals surface area contributed by atoms with Crippen LogP contribution in [0.25, 0.3) is 0 Å². The van der Waals surface area contributed by atoms with E-state index in [2.05, 4.69) is 27.6 Å². The standard InChI is InChI=1S/C19H20FN3OS2/c1-13(2)24-17-5-3-4-15(10-17)12-25-19-23-22-18(26-19)21-11-14-6-8-16(20)9-7-14/h3-10,13H,11-12H2,1-2H3,(H,21,22). The van der Waals surface area contributed by atoms with Crippen molar-refractivity contribution in [2.24, 2.45) is 0 Å². The number of hydrogen-bond donors (Lipinski definition) is 1.